The van der Waals surface area contributed by atoms with E-state index >= 15 is 0 Å². The van der Waals surface area contributed by atoms with Crippen LogP contribution >= 0.6 is 48.8 Å². The SMILES string of the molecule is C[C@@H]1C[C@H](N)CN(c2ccncc2NC(=O)c2nc(-c3cccnc3)ns2)C1.Cl.Cl.Cl. The lowest BCUT2D eigenvalue weighted by atomic mass is 9.96. The van der Waals surface area contributed by atoms with Crippen LogP contribution in [0.1, 0.15) is 23.1 Å². The topological polar surface area (TPSA) is 110 Å². The summed E-state index contributed by atoms with van der Waals surface area (Å²) in [5, 5.41) is 3.22. The summed E-state index contributed by atoms with van der Waals surface area (Å²) in [6.45, 7) is 3.83. The lowest BCUT2D eigenvalue weighted by Gasteiger charge is -2.37. The van der Waals surface area contributed by atoms with Crippen LogP contribution in [0.3, 0.4) is 0 Å². The molecule has 4 rings (SSSR count). The molecule has 0 bridgehead atoms. The molecule has 1 fully saturated rings. The summed E-state index contributed by atoms with van der Waals surface area (Å²) < 4.78 is 4.27. The van der Waals surface area contributed by atoms with Gasteiger partial charge < -0.3 is 16.0 Å². The fourth-order valence-corrected chi connectivity index (χ4v) is 4.04. The van der Waals surface area contributed by atoms with Crippen LogP contribution in [0.5, 0.6) is 0 Å². The zero-order valence-corrected chi connectivity index (χ0v) is 19.9. The Labute approximate surface area is 203 Å². The Morgan fingerprint density at radius 2 is 1.94 bits per heavy atom. The fraction of sp³-hybridized carbons (Fsp3) is 0.316. The van der Waals surface area contributed by atoms with Crippen LogP contribution in [-0.2, 0) is 0 Å². The molecule has 0 aliphatic carbocycles. The van der Waals surface area contributed by atoms with Crippen molar-refractivity contribution in [2.24, 2.45) is 11.7 Å². The summed E-state index contributed by atoms with van der Waals surface area (Å²) in [6, 6.07) is 5.69. The average molecular weight is 505 g/mol. The van der Waals surface area contributed by atoms with Crippen LogP contribution in [0, 0.1) is 5.92 Å². The minimum Gasteiger partial charge on any atom is -0.368 e. The number of piperidine rings is 1. The van der Waals surface area contributed by atoms with Crippen molar-refractivity contribution in [1.29, 1.82) is 0 Å². The second-order valence-electron chi connectivity index (χ2n) is 7.02. The van der Waals surface area contributed by atoms with E-state index < -0.39 is 0 Å². The van der Waals surface area contributed by atoms with Crippen molar-refractivity contribution >= 4 is 66.0 Å². The highest BCUT2D eigenvalue weighted by Crippen LogP contribution is 2.29. The van der Waals surface area contributed by atoms with Gasteiger partial charge in [0.1, 0.15) is 0 Å². The summed E-state index contributed by atoms with van der Waals surface area (Å²) in [4.78, 5) is 27.5. The molecule has 2 atom stereocenters. The van der Waals surface area contributed by atoms with Gasteiger partial charge >= 0.3 is 0 Å². The smallest absolute Gasteiger partial charge is 0.286 e. The maximum atomic E-state index is 12.7. The summed E-state index contributed by atoms with van der Waals surface area (Å²) in [7, 11) is 0. The van der Waals surface area contributed by atoms with Crippen molar-refractivity contribution in [3.63, 3.8) is 0 Å². The van der Waals surface area contributed by atoms with Gasteiger partial charge in [0.2, 0.25) is 5.01 Å². The zero-order chi connectivity index (χ0) is 19.5. The number of carbonyl (C=O) groups is 1. The largest absolute Gasteiger partial charge is 0.368 e. The molecule has 3 N–H and O–H groups in total. The Balaban J connectivity index is 0.00000160. The molecule has 1 aliphatic heterocycles. The third-order valence-corrected chi connectivity index (χ3v) is 5.33. The quantitative estimate of drug-likeness (QED) is 0.557. The normalized spacial score (nSPS) is 17.5. The number of pyridine rings is 2. The van der Waals surface area contributed by atoms with Crippen molar-refractivity contribution < 1.29 is 4.79 Å². The molecule has 3 aromatic heterocycles. The van der Waals surface area contributed by atoms with Gasteiger partial charge in [0, 0.05) is 43.3 Å². The molecule has 4 heterocycles. The number of halogens is 3. The summed E-state index contributed by atoms with van der Waals surface area (Å²) in [5.74, 6) is 0.674. The molecule has 1 saturated heterocycles. The highest BCUT2D eigenvalue weighted by Gasteiger charge is 2.25. The van der Waals surface area contributed by atoms with Gasteiger partial charge in [-0.1, -0.05) is 6.92 Å². The number of anilines is 2. The molecule has 0 saturated carbocycles. The van der Waals surface area contributed by atoms with Gasteiger partial charge in [-0.3, -0.25) is 14.8 Å². The summed E-state index contributed by atoms with van der Waals surface area (Å²) in [5.41, 5.74) is 8.53. The minimum atomic E-state index is -0.309. The second-order valence-corrected chi connectivity index (χ2v) is 7.77. The van der Waals surface area contributed by atoms with E-state index in [4.69, 9.17) is 5.73 Å². The maximum absolute atomic E-state index is 12.7. The molecule has 1 aliphatic rings. The molecule has 1 amide bonds. The summed E-state index contributed by atoms with van der Waals surface area (Å²) >= 11 is 1.06. The Morgan fingerprint density at radius 1 is 1.16 bits per heavy atom. The van der Waals surface area contributed by atoms with E-state index in [1.54, 1.807) is 24.8 Å². The number of hydrogen-bond acceptors (Lipinski definition) is 8. The van der Waals surface area contributed by atoms with Gasteiger partial charge in [0.15, 0.2) is 5.82 Å². The number of nitrogens with one attached hydrogen (secondary N) is 1. The Kier molecular flexibility index (Phi) is 10.5. The first-order valence-corrected chi connectivity index (χ1v) is 9.87. The molecule has 31 heavy (non-hydrogen) atoms. The van der Waals surface area contributed by atoms with E-state index in [1.165, 1.54) is 0 Å². The van der Waals surface area contributed by atoms with Crippen molar-refractivity contribution in [2.45, 2.75) is 19.4 Å². The molecule has 0 radical (unpaired) electrons. The maximum Gasteiger partial charge on any atom is 0.286 e. The number of aromatic nitrogens is 4. The van der Waals surface area contributed by atoms with Gasteiger partial charge in [0.25, 0.3) is 5.91 Å². The standard InChI is InChI=1S/C19H21N7OS.3ClH/c1-12-7-14(20)11-26(10-12)16-4-6-22-9-15(16)23-18(27)19-24-17(25-28-19)13-3-2-5-21-8-13;;;/h2-6,8-9,12,14H,7,10-11,20H2,1H3,(H,23,27);3*1H/t12-,14+;;;/m1.../s1. The van der Waals surface area contributed by atoms with Crippen molar-refractivity contribution in [3.8, 4) is 11.4 Å². The molecule has 0 spiro atoms. The van der Waals surface area contributed by atoms with Gasteiger partial charge in [-0.2, -0.15) is 4.37 Å². The highest BCUT2D eigenvalue weighted by atomic mass is 35.5. The Hall–Kier alpha value is -2.04. The molecular weight excluding hydrogens is 481 g/mol. The lowest BCUT2D eigenvalue weighted by Crippen LogP contribution is -2.46. The third-order valence-electron chi connectivity index (χ3n) is 4.62. The number of nitrogens with zero attached hydrogens (tertiary/aromatic N) is 5. The number of nitrogens with two attached hydrogens (primary N) is 1. The summed E-state index contributed by atoms with van der Waals surface area (Å²) in [6.07, 6.45) is 7.73. The average Bonchev–Trinajstić information content (AvgIpc) is 3.19. The minimum absolute atomic E-state index is 0. The lowest BCUT2D eigenvalue weighted by molar-refractivity contribution is 0.102. The first-order chi connectivity index (χ1) is 13.6. The molecule has 3 aromatic rings. The van der Waals surface area contributed by atoms with E-state index in [1.807, 2.05) is 18.2 Å². The van der Waals surface area contributed by atoms with Gasteiger partial charge in [-0.25, -0.2) is 4.98 Å². The Morgan fingerprint density at radius 3 is 2.65 bits per heavy atom. The first kappa shape index (κ1) is 27.0. The molecule has 0 aromatic carbocycles. The van der Waals surface area contributed by atoms with Crippen LogP contribution in [0.25, 0.3) is 11.4 Å². The second kappa shape index (κ2) is 12.1. The van der Waals surface area contributed by atoms with Crippen LogP contribution in [0.4, 0.5) is 11.4 Å². The van der Waals surface area contributed by atoms with Crippen molar-refractivity contribution in [2.75, 3.05) is 23.3 Å². The van der Waals surface area contributed by atoms with E-state index in [9.17, 15) is 4.79 Å². The predicted octanol–water partition coefficient (Wildman–Crippen LogP) is 3.69. The fourth-order valence-electron chi connectivity index (χ4n) is 3.46. The molecule has 0 unspecified atom stereocenters. The molecule has 168 valence electrons. The molecule has 12 heteroatoms. The number of carbonyl (C=O) groups excluding carboxylic acids is 1. The van der Waals surface area contributed by atoms with Crippen LogP contribution in [0.2, 0.25) is 0 Å². The predicted molar refractivity (Wildman–Crippen MR) is 131 cm³/mol. The van der Waals surface area contributed by atoms with Gasteiger partial charge in [-0.15, -0.1) is 37.2 Å². The number of amides is 1. The van der Waals surface area contributed by atoms with Crippen LogP contribution < -0.4 is 16.0 Å². The number of hydrogen-bond donors (Lipinski definition) is 2. The van der Waals surface area contributed by atoms with E-state index in [2.05, 4.69) is 36.5 Å². The Bertz CT molecular complexity index is 966. The molecular formula is C19H24Cl3N7OS. The van der Waals surface area contributed by atoms with E-state index in [0.717, 1.165) is 42.3 Å². The first-order valence-electron chi connectivity index (χ1n) is 9.10. The van der Waals surface area contributed by atoms with Crippen molar-refractivity contribution in [3.05, 3.63) is 48.0 Å². The van der Waals surface area contributed by atoms with Crippen molar-refractivity contribution in [1.82, 2.24) is 19.3 Å². The highest BCUT2D eigenvalue weighted by molar-refractivity contribution is 7.08. The third kappa shape index (κ3) is 6.47. The number of rotatable bonds is 4. The van der Waals surface area contributed by atoms with E-state index in [-0.39, 0.29) is 54.2 Å². The van der Waals surface area contributed by atoms with Crippen LogP contribution in [-0.4, -0.2) is 44.4 Å². The van der Waals surface area contributed by atoms with Crippen LogP contribution in [0.15, 0.2) is 43.0 Å². The zero-order valence-electron chi connectivity index (χ0n) is 16.7. The van der Waals surface area contributed by atoms with Gasteiger partial charge in [0.05, 0.1) is 17.6 Å². The monoisotopic (exact) mass is 503 g/mol. The van der Waals surface area contributed by atoms with E-state index in [0.29, 0.717) is 17.4 Å². The molecule has 8 nitrogen and oxygen atoms in total. The van der Waals surface area contributed by atoms with Gasteiger partial charge in [-0.05, 0) is 42.1 Å².